The van der Waals surface area contributed by atoms with E-state index in [0.717, 1.165) is 10.0 Å². The summed E-state index contributed by atoms with van der Waals surface area (Å²) in [6.07, 6.45) is 0.621. The maximum Gasteiger partial charge on any atom is 0.309 e. The Morgan fingerprint density at radius 2 is 1.95 bits per heavy atom. The Labute approximate surface area is 138 Å². The first-order valence-corrected chi connectivity index (χ1v) is 8.11. The van der Waals surface area contributed by atoms with Gasteiger partial charge in [0.25, 0.3) is 0 Å². The molecule has 1 aliphatic rings. The van der Waals surface area contributed by atoms with Crippen LogP contribution in [0.4, 0.5) is 0 Å². The maximum atomic E-state index is 12.1. The quantitative estimate of drug-likeness (QED) is 0.460. The minimum atomic E-state index is -1.20. The second-order valence-corrected chi connectivity index (χ2v) is 7.14. The number of rotatable bonds is 4. The van der Waals surface area contributed by atoms with E-state index in [1.54, 1.807) is 13.8 Å². The third-order valence-corrected chi connectivity index (χ3v) is 5.52. The number of esters is 1. The summed E-state index contributed by atoms with van der Waals surface area (Å²) in [5, 5.41) is 11.7. The molecule has 6 heteroatoms. The molecule has 22 heavy (non-hydrogen) atoms. The largest absolute Gasteiger partial charge is 0.466 e. The van der Waals surface area contributed by atoms with E-state index in [-0.39, 0.29) is 17.3 Å². The van der Waals surface area contributed by atoms with E-state index in [4.69, 9.17) is 4.74 Å². The van der Waals surface area contributed by atoms with Crippen LogP contribution in [0.5, 0.6) is 0 Å². The van der Waals surface area contributed by atoms with Gasteiger partial charge < -0.3 is 4.74 Å². The van der Waals surface area contributed by atoms with Crippen molar-refractivity contribution in [2.24, 2.45) is 5.92 Å². The fraction of sp³-hybridized carbons (Fsp3) is 0.562. The molecular weight excluding hydrogens is 350 g/mol. The molecule has 1 saturated carbocycles. The number of hydrogen-bond acceptors (Lipinski definition) is 4. The zero-order valence-corrected chi connectivity index (χ0v) is 14.6. The van der Waals surface area contributed by atoms with E-state index >= 15 is 0 Å². The molecule has 0 radical (unpaired) electrons. The lowest BCUT2D eigenvalue weighted by Gasteiger charge is -2.34. The number of carbonyl (C=O) groups excluding carboxylic acids is 1. The first kappa shape index (κ1) is 16.9. The normalized spacial score (nSPS) is 31.0. The predicted molar refractivity (Wildman–Crippen MR) is 86.3 cm³/mol. The maximum absolute atomic E-state index is 12.1. The molecular formula is C16H20BrNO4. The average Bonchev–Trinajstić information content (AvgIpc) is 2.74. The summed E-state index contributed by atoms with van der Waals surface area (Å²) in [6.45, 7) is 5.54. The summed E-state index contributed by atoms with van der Waals surface area (Å²) in [5.74, 6) is -0.777. The Balaban J connectivity index is 2.44. The van der Waals surface area contributed by atoms with Crippen LogP contribution >= 0.6 is 15.9 Å². The second-order valence-electron chi connectivity index (χ2n) is 6.23. The molecule has 1 aliphatic carbocycles. The Hall–Kier alpha value is -1.43. The van der Waals surface area contributed by atoms with Crippen molar-refractivity contribution in [2.45, 2.75) is 44.6 Å². The van der Waals surface area contributed by atoms with Crippen molar-refractivity contribution in [3.8, 4) is 0 Å². The Kier molecular flexibility index (Phi) is 4.61. The van der Waals surface area contributed by atoms with Crippen LogP contribution in [0.25, 0.3) is 0 Å². The van der Waals surface area contributed by atoms with Crippen molar-refractivity contribution >= 4 is 21.9 Å². The van der Waals surface area contributed by atoms with Crippen molar-refractivity contribution in [1.29, 1.82) is 0 Å². The molecule has 2 rings (SSSR count). The number of hydrogen-bond donors (Lipinski definition) is 0. The van der Waals surface area contributed by atoms with Gasteiger partial charge in [0.2, 0.25) is 5.54 Å². The van der Waals surface area contributed by atoms with Gasteiger partial charge in [-0.15, -0.1) is 0 Å². The predicted octanol–water partition coefficient (Wildman–Crippen LogP) is 3.72. The van der Waals surface area contributed by atoms with Crippen molar-refractivity contribution in [3.63, 3.8) is 0 Å². The Bertz CT molecular complexity index is 588. The fourth-order valence-electron chi connectivity index (χ4n) is 3.44. The van der Waals surface area contributed by atoms with Gasteiger partial charge in [0.15, 0.2) is 0 Å². The minimum Gasteiger partial charge on any atom is -0.466 e. The molecule has 0 saturated heterocycles. The van der Waals surface area contributed by atoms with Crippen molar-refractivity contribution in [3.05, 3.63) is 44.4 Å². The van der Waals surface area contributed by atoms with Gasteiger partial charge in [0.05, 0.1) is 17.9 Å². The summed E-state index contributed by atoms with van der Waals surface area (Å²) in [4.78, 5) is 23.6. The Morgan fingerprint density at radius 1 is 1.36 bits per heavy atom. The third kappa shape index (κ3) is 2.64. The van der Waals surface area contributed by atoms with Gasteiger partial charge >= 0.3 is 5.97 Å². The second kappa shape index (κ2) is 5.99. The smallest absolute Gasteiger partial charge is 0.309 e. The molecule has 0 heterocycles. The zero-order chi connectivity index (χ0) is 16.5. The van der Waals surface area contributed by atoms with Crippen LogP contribution in [0.1, 0.15) is 39.2 Å². The minimum absolute atomic E-state index is 0.200. The molecule has 1 aromatic carbocycles. The highest BCUT2D eigenvalue weighted by Crippen LogP contribution is 2.52. The lowest BCUT2D eigenvalue weighted by Crippen LogP contribution is -2.49. The molecule has 1 aromatic rings. The summed E-state index contributed by atoms with van der Waals surface area (Å²) >= 11 is 3.38. The summed E-state index contributed by atoms with van der Waals surface area (Å²) in [6, 6.07) is 7.52. The van der Waals surface area contributed by atoms with Gasteiger partial charge in [-0.2, -0.15) is 0 Å². The van der Waals surface area contributed by atoms with Crippen molar-refractivity contribution in [1.82, 2.24) is 0 Å². The molecule has 0 amide bonds. The van der Waals surface area contributed by atoms with E-state index in [2.05, 4.69) is 15.9 Å². The van der Waals surface area contributed by atoms with Crippen LogP contribution in [0.15, 0.2) is 28.7 Å². The van der Waals surface area contributed by atoms with Crippen LogP contribution in [-0.4, -0.2) is 23.0 Å². The van der Waals surface area contributed by atoms with Gasteiger partial charge in [-0.25, -0.2) is 0 Å². The molecule has 1 unspecified atom stereocenters. The fourth-order valence-corrected chi connectivity index (χ4v) is 3.70. The number of ether oxygens (including phenoxy) is 1. The van der Waals surface area contributed by atoms with Gasteiger partial charge in [-0.3, -0.25) is 14.9 Å². The van der Waals surface area contributed by atoms with Gasteiger partial charge in [-0.1, -0.05) is 28.1 Å². The van der Waals surface area contributed by atoms with Crippen molar-refractivity contribution < 1.29 is 14.5 Å². The zero-order valence-electron chi connectivity index (χ0n) is 13.0. The number of nitro groups is 1. The van der Waals surface area contributed by atoms with Crippen LogP contribution in [-0.2, 0) is 14.9 Å². The standard InChI is InChI=1S/C16H20BrNO4/c1-4-22-14(19)11-9-15(2,16(3,10-11)18(20)21)12-5-7-13(17)8-6-12/h5-8,11H,4,9-10H2,1-3H3/t11?,15-,16+/m0/s1. The van der Waals surface area contributed by atoms with Crippen LogP contribution in [0.3, 0.4) is 0 Å². The summed E-state index contributed by atoms with van der Waals surface area (Å²) in [5.41, 5.74) is -1.03. The first-order chi connectivity index (χ1) is 10.2. The number of benzene rings is 1. The van der Waals surface area contributed by atoms with E-state index in [1.807, 2.05) is 31.2 Å². The van der Waals surface area contributed by atoms with Crippen molar-refractivity contribution in [2.75, 3.05) is 6.61 Å². The SMILES string of the molecule is CCOC(=O)C1C[C@@](C)(c2ccc(Br)cc2)[C@](C)([N+](=O)[O-])C1. The number of halogens is 1. The molecule has 0 aliphatic heterocycles. The lowest BCUT2D eigenvalue weighted by atomic mass is 9.70. The molecule has 120 valence electrons. The lowest BCUT2D eigenvalue weighted by molar-refractivity contribution is -0.575. The summed E-state index contributed by atoms with van der Waals surface area (Å²) in [7, 11) is 0. The van der Waals surface area contributed by atoms with Gasteiger partial charge in [0, 0.05) is 22.7 Å². The highest BCUT2D eigenvalue weighted by Gasteiger charge is 2.63. The third-order valence-electron chi connectivity index (χ3n) is 4.99. The molecule has 0 aromatic heterocycles. The highest BCUT2D eigenvalue weighted by atomic mass is 79.9. The van der Waals surface area contributed by atoms with Crippen LogP contribution < -0.4 is 0 Å². The molecule has 0 N–H and O–H groups in total. The monoisotopic (exact) mass is 369 g/mol. The molecule has 3 atom stereocenters. The van der Waals surface area contributed by atoms with Gasteiger partial charge in [0.1, 0.15) is 0 Å². The van der Waals surface area contributed by atoms with E-state index in [9.17, 15) is 14.9 Å². The van der Waals surface area contributed by atoms with Gasteiger partial charge in [-0.05, 0) is 38.0 Å². The summed E-state index contributed by atoms with van der Waals surface area (Å²) < 4.78 is 6.00. The van der Waals surface area contributed by atoms with E-state index < -0.39 is 16.9 Å². The molecule has 1 fully saturated rings. The number of nitrogens with zero attached hydrogens (tertiary/aromatic N) is 1. The first-order valence-electron chi connectivity index (χ1n) is 7.32. The van der Waals surface area contributed by atoms with E-state index in [1.165, 1.54) is 0 Å². The Morgan fingerprint density at radius 3 is 2.45 bits per heavy atom. The van der Waals surface area contributed by atoms with Crippen LogP contribution in [0.2, 0.25) is 0 Å². The highest BCUT2D eigenvalue weighted by molar-refractivity contribution is 9.10. The van der Waals surface area contributed by atoms with Crippen LogP contribution in [0, 0.1) is 16.0 Å². The molecule has 0 spiro atoms. The van der Waals surface area contributed by atoms with E-state index in [0.29, 0.717) is 13.0 Å². The molecule has 0 bridgehead atoms. The average molecular weight is 370 g/mol. The molecule has 5 nitrogen and oxygen atoms in total. The topological polar surface area (TPSA) is 69.4 Å². The number of carbonyl (C=O) groups is 1.